The Labute approximate surface area is 224 Å². The standard InChI is InChI=1S/C31H50O6/c1-30(2)22-35-31(36-23-30)20-19-24(26(31)14-8-3-4-9-15-28(32)33)17-18-27(25-12-6-5-7-13-25)37-29-16-10-11-21-34-29/h3-4,17-18,24-27,29H,5-16,19-23H2,1-2H3,(H,32,33). The van der Waals surface area contributed by atoms with Crippen molar-refractivity contribution in [3.63, 3.8) is 0 Å². The minimum Gasteiger partial charge on any atom is -0.481 e. The first-order chi connectivity index (χ1) is 17.9. The van der Waals surface area contributed by atoms with Gasteiger partial charge < -0.3 is 24.1 Å². The molecule has 4 rings (SSSR count). The summed E-state index contributed by atoms with van der Waals surface area (Å²) < 4.78 is 25.6. The van der Waals surface area contributed by atoms with Gasteiger partial charge in [0.05, 0.1) is 19.3 Å². The molecule has 2 saturated heterocycles. The number of carboxylic acids is 1. The lowest BCUT2D eigenvalue weighted by Gasteiger charge is -2.45. The zero-order valence-electron chi connectivity index (χ0n) is 23.2. The lowest BCUT2D eigenvalue weighted by atomic mass is 9.83. The molecule has 6 heteroatoms. The van der Waals surface area contributed by atoms with Crippen molar-refractivity contribution in [2.24, 2.45) is 23.2 Å². The Morgan fingerprint density at radius 2 is 1.73 bits per heavy atom. The van der Waals surface area contributed by atoms with Gasteiger partial charge in [-0.2, -0.15) is 0 Å². The molecule has 1 spiro atoms. The van der Waals surface area contributed by atoms with Crippen LogP contribution in [0.25, 0.3) is 0 Å². The fraction of sp³-hybridized carbons (Fsp3) is 0.839. The number of hydrogen-bond donors (Lipinski definition) is 1. The highest BCUT2D eigenvalue weighted by Crippen LogP contribution is 2.50. The molecule has 37 heavy (non-hydrogen) atoms. The highest BCUT2D eigenvalue weighted by molar-refractivity contribution is 5.66. The van der Waals surface area contributed by atoms with Crippen LogP contribution in [-0.4, -0.2) is 49.1 Å². The molecular formula is C31H50O6. The summed E-state index contributed by atoms with van der Waals surface area (Å²) in [5, 5.41) is 8.89. The van der Waals surface area contributed by atoms with E-state index in [9.17, 15) is 4.79 Å². The summed E-state index contributed by atoms with van der Waals surface area (Å²) in [5.74, 6) is -0.0146. The number of carboxylic acid groups (broad SMARTS) is 1. The van der Waals surface area contributed by atoms with Crippen LogP contribution in [0.1, 0.15) is 104 Å². The minimum absolute atomic E-state index is 0.0420. The maximum absolute atomic E-state index is 10.8. The van der Waals surface area contributed by atoms with Gasteiger partial charge in [-0.1, -0.05) is 57.4 Å². The monoisotopic (exact) mass is 518 g/mol. The molecule has 4 unspecified atom stereocenters. The van der Waals surface area contributed by atoms with Gasteiger partial charge in [-0.3, -0.25) is 4.79 Å². The Balaban J connectivity index is 1.44. The van der Waals surface area contributed by atoms with E-state index in [-0.39, 0.29) is 30.1 Å². The second-order valence-corrected chi connectivity index (χ2v) is 12.5. The molecule has 6 nitrogen and oxygen atoms in total. The lowest BCUT2D eigenvalue weighted by molar-refractivity contribution is -0.316. The van der Waals surface area contributed by atoms with Crippen molar-refractivity contribution >= 4 is 5.97 Å². The van der Waals surface area contributed by atoms with Crippen LogP contribution >= 0.6 is 0 Å². The molecule has 0 aromatic rings. The number of hydrogen-bond acceptors (Lipinski definition) is 5. The number of carbonyl (C=O) groups is 1. The number of rotatable bonds is 11. The zero-order chi connectivity index (χ0) is 26.1. The highest BCUT2D eigenvalue weighted by atomic mass is 16.7. The molecule has 2 saturated carbocycles. The predicted octanol–water partition coefficient (Wildman–Crippen LogP) is 7.03. The van der Waals surface area contributed by atoms with Gasteiger partial charge in [-0.15, -0.1) is 0 Å². The number of allylic oxidation sites excluding steroid dienone is 3. The molecule has 2 aliphatic heterocycles. The third-order valence-corrected chi connectivity index (χ3v) is 8.77. The van der Waals surface area contributed by atoms with Crippen LogP contribution in [0, 0.1) is 23.2 Å². The third-order valence-electron chi connectivity index (χ3n) is 8.77. The van der Waals surface area contributed by atoms with E-state index in [1.54, 1.807) is 0 Å². The summed E-state index contributed by atoms with van der Waals surface area (Å²) in [5.41, 5.74) is 0.0420. The Hall–Kier alpha value is -1.21. The van der Waals surface area contributed by atoms with Crippen LogP contribution in [0.5, 0.6) is 0 Å². The average molecular weight is 519 g/mol. The normalized spacial score (nSPS) is 31.4. The minimum atomic E-state index is -0.746. The van der Waals surface area contributed by atoms with Gasteiger partial charge in [0.2, 0.25) is 0 Å². The Kier molecular flexibility index (Phi) is 10.7. The van der Waals surface area contributed by atoms with Gasteiger partial charge in [0.1, 0.15) is 0 Å². The molecule has 0 bridgehead atoms. The van der Waals surface area contributed by atoms with Gasteiger partial charge in [0.15, 0.2) is 12.1 Å². The van der Waals surface area contributed by atoms with E-state index in [2.05, 4.69) is 32.1 Å². The van der Waals surface area contributed by atoms with Crippen LogP contribution in [0.4, 0.5) is 0 Å². The molecule has 4 fully saturated rings. The maximum atomic E-state index is 10.8. The maximum Gasteiger partial charge on any atom is 0.303 e. The summed E-state index contributed by atoms with van der Waals surface area (Å²) >= 11 is 0. The first-order valence-electron chi connectivity index (χ1n) is 15.0. The zero-order valence-corrected chi connectivity index (χ0v) is 23.2. The van der Waals surface area contributed by atoms with E-state index >= 15 is 0 Å². The summed E-state index contributed by atoms with van der Waals surface area (Å²) in [4.78, 5) is 10.8. The molecule has 2 heterocycles. The summed E-state index contributed by atoms with van der Waals surface area (Å²) in [6.07, 6.45) is 23.3. The van der Waals surface area contributed by atoms with E-state index in [0.717, 1.165) is 58.3 Å². The fourth-order valence-corrected chi connectivity index (χ4v) is 6.56. The molecule has 4 atom stereocenters. The Bertz CT molecular complexity index is 752. The van der Waals surface area contributed by atoms with Crippen LogP contribution < -0.4 is 0 Å². The summed E-state index contributed by atoms with van der Waals surface area (Å²) in [6, 6.07) is 0. The van der Waals surface area contributed by atoms with Gasteiger partial charge in [0, 0.05) is 30.8 Å². The highest BCUT2D eigenvalue weighted by Gasteiger charge is 2.52. The van der Waals surface area contributed by atoms with Gasteiger partial charge >= 0.3 is 5.97 Å². The van der Waals surface area contributed by atoms with Crippen molar-refractivity contribution in [3.05, 3.63) is 24.3 Å². The molecule has 210 valence electrons. The van der Waals surface area contributed by atoms with Crippen molar-refractivity contribution in [3.8, 4) is 0 Å². The second-order valence-electron chi connectivity index (χ2n) is 12.5. The van der Waals surface area contributed by atoms with Crippen molar-refractivity contribution in [1.29, 1.82) is 0 Å². The molecule has 0 radical (unpaired) electrons. The molecule has 0 aromatic heterocycles. The van der Waals surface area contributed by atoms with E-state index in [0.29, 0.717) is 18.3 Å². The first kappa shape index (κ1) is 28.8. The summed E-state index contributed by atoms with van der Waals surface area (Å²) in [7, 11) is 0. The average Bonchev–Trinajstić information content (AvgIpc) is 3.23. The van der Waals surface area contributed by atoms with E-state index in [1.807, 2.05) is 6.08 Å². The van der Waals surface area contributed by atoms with Crippen molar-refractivity contribution in [2.75, 3.05) is 19.8 Å². The molecule has 0 amide bonds. The third kappa shape index (κ3) is 8.39. The Morgan fingerprint density at radius 3 is 2.43 bits per heavy atom. The molecular weight excluding hydrogens is 468 g/mol. The van der Waals surface area contributed by atoms with Gasteiger partial charge in [0.25, 0.3) is 0 Å². The van der Waals surface area contributed by atoms with Crippen LogP contribution in [0.2, 0.25) is 0 Å². The molecule has 4 aliphatic rings. The summed E-state index contributed by atoms with van der Waals surface area (Å²) in [6.45, 7) is 6.66. The SMILES string of the molecule is CC1(C)COC2(CCC(C=CC(OC3CCCCO3)C3CCCCC3)C2CCC=CCCC(=O)O)OC1. The van der Waals surface area contributed by atoms with E-state index in [1.165, 1.54) is 38.5 Å². The van der Waals surface area contributed by atoms with Gasteiger partial charge in [-0.05, 0) is 69.6 Å². The van der Waals surface area contributed by atoms with Crippen molar-refractivity contribution in [1.82, 2.24) is 0 Å². The topological polar surface area (TPSA) is 74.2 Å². The lowest BCUT2D eigenvalue weighted by Crippen LogP contribution is -2.50. The van der Waals surface area contributed by atoms with Gasteiger partial charge in [-0.25, -0.2) is 0 Å². The van der Waals surface area contributed by atoms with Crippen LogP contribution in [0.3, 0.4) is 0 Å². The number of ether oxygens (including phenoxy) is 4. The van der Waals surface area contributed by atoms with Crippen molar-refractivity contribution in [2.45, 2.75) is 122 Å². The molecule has 0 aromatic carbocycles. The molecule has 2 aliphatic carbocycles. The largest absolute Gasteiger partial charge is 0.481 e. The fourth-order valence-electron chi connectivity index (χ4n) is 6.56. The second kappa shape index (κ2) is 13.7. The van der Waals surface area contributed by atoms with Crippen LogP contribution in [0.15, 0.2) is 24.3 Å². The molecule has 1 N–H and O–H groups in total. The first-order valence-corrected chi connectivity index (χ1v) is 15.0. The quantitative estimate of drug-likeness (QED) is 0.296. The Morgan fingerprint density at radius 1 is 1.00 bits per heavy atom. The van der Waals surface area contributed by atoms with Crippen molar-refractivity contribution < 1.29 is 28.8 Å². The van der Waals surface area contributed by atoms with E-state index in [4.69, 9.17) is 24.1 Å². The number of aliphatic carboxylic acids is 1. The smallest absolute Gasteiger partial charge is 0.303 e. The van der Waals surface area contributed by atoms with E-state index < -0.39 is 11.8 Å². The van der Waals surface area contributed by atoms with Crippen LogP contribution in [-0.2, 0) is 23.7 Å². The predicted molar refractivity (Wildman–Crippen MR) is 144 cm³/mol.